The van der Waals surface area contributed by atoms with Crippen molar-refractivity contribution >= 4 is 5.97 Å². The van der Waals surface area contributed by atoms with Crippen LogP contribution in [0.15, 0.2) is 30.3 Å². The number of carboxylic acid groups (broad SMARTS) is 1. The normalized spacial score (nSPS) is 19.4. The summed E-state index contributed by atoms with van der Waals surface area (Å²) in [6, 6.07) is 9.27. The van der Waals surface area contributed by atoms with E-state index in [0.29, 0.717) is 6.54 Å². The van der Waals surface area contributed by atoms with E-state index in [4.69, 9.17) is 0 Å². The van der Waals surface area contributed by atoms with Crippen LogP contribution in [0.3, 0.4) is 0 Å². The second-order valence-corrected chi connectivity index (χ2v) is 5.68. The van der Waals surface area contributed by atoms with Crippen molar-refractivity contribution < 1.29 is 15.0 Å². The Bertz CT molecular complexity index is 427. The topological polar surface area (TPSA) is 69.6 Å². The molecule has 0 radical (unpaired) electrons. The van der Waals surface area contributed by atoms with E-state index in [1.807, 2.05) is 30.3 Å². The molecule has 20 heavy (non-hydrogen) atoms. The summed E-state index contributed by atoms with van der Waals surface area (Å²) in [6.07, 6.45) is 5.23. The minimum atomic E-state index is -0.826. The Kier molecular flexibility index (Phi) is 5.15. The first-order valence-electron chi connectivity index (χ1n) is 7.30. The zero-order valence-electron chi connectivity index (χ0n) is 11.7. The molecule has 0 amide bonds. The number of rotatable bonds is 6. The lowest BCUT2D eigenvalue weighted by atomic mass is 9.81. The third-order valence-electron chi connectivity index (χ3n) is 4.29. The van der Waals surface area contributed by atoms with Gasteiger partial charge in [0.15, 0.2) is 0 Å². The Hall–Kier alpha value is -1.39. The van der Waals surface area contributed by atoms with Crippen LogP contribution >= 0.6 is 0 Å². The summed E-state index contributed by atoms with van der Waals surface area (Å²) in [4.78, 5) is 11.5. The number of nitrogens with one attached hydrogen (secondary N) is 1. The SMILES string of the molecule is O=C(O)C(CNC1(CO)CCCCC1)c1ccccc1. The molecule has 1 aromatic rings. The quantitative estimate of drug-likeness (QED) is 0.745. The second-order valence-electron chi connectivity index (χ2n) is 5.68. The second kappa shape index (κ2) is 6.86. The number of aliphatic carboxylic acids is 1. The van der Waals surface area contributed by atoms with Crippen molar-refractivity contribution in [2.75, 3.05) is 13.2 Å². The number of carbonyl (C=O) groups is 1. The highest BCUT2D eigenvalue weighted by Gasteiger charge is 2.32. The Labute approximate surface area is 119 Å². The molecular formula is C16H23NO3. The van der Waals surface area contributed by atoms with E-state index in [2.05, 4.69) is 5.32 Å². The maximum Gasteiger partial charge on any atom is 0.312 e. The lowest BCUT2D eigenvalue weighted by Gasteiger charge is -2.37. The Morgan fingerprint density at radius 2 is 1.85 bits per heavy atom. The molecule has 3 N–H and O–H groups in total. The number of carboxylic acids is 1. The van der Waals surface area contributed by atoms with Crippen LogP contribution in [0.5, 0.6) is 0 Å². The predicted octanol–water partition coefficient (Wildman–Crippen LogP) is 2.14. The summed E-state index contributed by atoms with van der Waals surface area (Å²) in [5.74, 6) is -1.39. The minimum absolute atomic E-state index is 0.0775. The van der Waals surface area contributed by atoms with Crippen molar-refractivity contribution in [1.29, 1.82) is 0 Å². The van der Waals surface area contributed by atoms with Gasteiger partial charge in [0.05, 0.1) is 12.5 Å². The van der Waals surface area contributed by atoms with Crippen LogP contribution in [0.2, 0.25) is 0 Å². The summed E-state index contributed by atoms with van der Waals surface area (Å²) in [6.45, 7) is 0.439. The first-order valence-corrected chi connectivity index (χ1v) is 7.30. The molecular weight excluding hydrogens is 254 g/mol. The molecule has 0 heterocycles. The molecule has 4 heteroatoms. The first-order chi connectivity index (χ1) is 9.67. The maximum absolute atomic E-state index is 11.5. The molecule has 1 aliphatic carbocycles. The molecule has 4 nitrogen and oxygen atoms in total. The average molecular weight is 277 g/mol. The number of hydrogen-bond acceptors (Lipinski definition) is 3. The summed E-state index contributed by atoms with van der Waals surface area (Å²) in [5, 5.41) is 22.4. The van der Waals surface area contributed by atoms with Crippen LogP contribution in [0.1, 0.15) is 43.6 Å². The van der Waals surface area contributed by atoms with Gasteiger partial charge < -0.3 is 15.5 Å². The van der Waals surface area contributed by atoms with E-state index in [1.165, 1.54) is 6.42 Å². The van der Waals surface area contributed by atoms with Crippen molar-refractivity contribution in [2.45, 2.75) is 43.6 Å². The van der Waals surface area contributed by atoms with Crippen molar-refractivity contribution in [2.24, 2.45) is 0 Å². The molecule has 1 saturated carbocycles. The van der Waals surface area contributed by atoms with Gasteiger partial charge in [0.1, 0.15) is 0 Å². The zero-order valence-corrected chi connectivity index (χ0v) is 11.7. The van der Waals surface area contributed by atoms with Crippen LogP contribution < -0.4 is 5.32 Å². The molecule has 0 spiro atoms. The first kappa shape index (κ1) is 15.0. The van der Waals surface area contributed by atoms with E-state index < -0.39 is 11.9 Å². The largest absolute Gasteiger partial charge is 0.481 e. The van der Waals surface area contributed by atoms with Gasteiger partial charge in [-0.1, -0.05) is 49.6 Å². The highest BCUT2D eigenvalue weighted by atomic mass is 16.4. The average Bonchev–Trinajstić information content (AvgIpc) is 2.49. The Morgan fingerprint density at radius 3 is 2.40 bits per heavy atom. The lowest BCUT2D eigenvalue weighted by molar-refractivity contribution is -0.138. The van der Waals surface area contributed by atoms with Gasteiger partial charge in [-0.25, -0.2) is 0 Å². The Morgan fingerprint density at radius 1 is 1.20 bits per heavy atom. The molecule has 0 aliphatic heterocycles. The van der Waals surface area contributed by atoms with Crippen LogP contribution in [0.4, 0.5) is 0 Å². The molecule has 1 unspecified atom stereocenters. The van der Waals surface area contributed by atoms with Gasteiger partial charge in [-0.15, -0.1) is 0 Å². The summed E-state index contributed by atoms with van der Waals surface area (Å²) in [5.41, 5.74) is 0.511. The number of hydrogen-bond donors (Lipinski definition) is 3. The molecule has 0 aromatic heterocycles. The van der Waals surface area contributed by atoms with Gasteiger partial charge in [0.25, 0.3) is 0 Å². The maximum atomic E-state index is 11.5. The van der Waals surface area contributed by atoms with Crippen molar-refractivity contribution in [1.82, 2.24) is 5.32 Å². The molecule has 1 aromatic carbocycles. The van der Waals surface area contributed by atoms with E-state index in [0.717, 1.165) is 31.2 Å². The molecule has 0 bridgehead atoms. The highest BCUT2D eigenvalue weighted by molar-refractivity contribution is 5.76. The molecule has 2 rings (SSSR count). The smallest absolute Gasteiger partial charge is 0.312 e. The van der Waals surface area contributed by atoms with Gasteiger partial charge in [-0.05, 0) is 18.4 Å². The van der Waals surface area contributed by atoms with Crippen molar-refractivity contribution in [3.8, 4) is 0 Å². The van der Waals surface area contributed by atoms with Gasteiger partial charge in [0, 0.05) is 12.1 Å². The van der Waals surface area contributed by atoms with Crippen LogP contribution in [-0.2, 0) is 4.79 Å². The van der Waals surface area contributed by atoms with E-state index in [9.17, 15) is 15.0 Å². The van der Waals surface area contributed by atoms with Gasteiger partial charge in [-0.2, -0.15) is 0 Å². The van der Waals surface area contributed by atoms with Gasteiger partial charge >= 0.3 is 5.97 Å². The van der Waals surface area contributed by atoms with Crippen molar-refractivity contribution in [3.05, 3.63) is 35.9 Å². The van der Waals surface area contributed by atoms with Gasteiger partial charge in [-0.3, -0.25) is 4.79 Å². The molecule has 110 valence electrons. The standard InChI is InChI=1S/C16H23NO3/c18-12-16(9-5-2-6-10-16)17-11-14(15(19)20)13-7-3-1-4-8-13/h1,3-4,7-8,14,17-18H,2,5-6,9-12H2,(H,19,20). The van der Waals surface area contributed by atoms with E-state index in [1.54, 1.807) is 0 Å². The fourth-order valence-corrected chi connectivity index (χ4v) is 2.97. The molecule has 1 fully saturated rings. The van der Waals surface area contributed by atoms with Crippen molar-refractivity contribution in [3.63, 3.8) is 0 Å². The summed E-state index contributed by atoms with van der Waals surface area (Å²) >= 11 is 0. The van der Waals surface area contributed by atoms with E-state index in [-0.39, 0.29) is 12.1 Å². The van der Waals surface area contributed by atoms with Crippen LogP contribution in [-0.4, -0.2) is 34.9 Å². The van der Waals surface area contributed by atoms with Gasteiger partial charge in [0.2, 0.25) is 0 Å². The third kappa shape index (κ3) is 3.58. The van der Waals surface area contributed by atoms with Crippen LogP contribution in [0.25, 0.3) is 0 Å². The molecule has 1 aliphatic rings. The lowest BCUT2D eigenvalue weighted by Crippen LogP contribution is -2.51. The van der Waals surface area contributed by atoms with E-state index >= 15 is 0 Å². The van der Waals surface area contributed by atoms with Crippen LogP contribution in [0, 0.1) is 0 Å². The monoisotopic (exact) mass is 277 g/mol. The third-order valence-corrected chi connectivity index (χ3v) is 4.29. The Balaban J connectivity index is 2.04. The fraction of sp³-hybridized carbons (Fsp3) is 0.562. The zero-order chi connectivity index (χ0) is 14.4. The number of aliphatic hydroxyl groups excluding tert-OH is 1. The number of aliphatic hydroxyl groups is 1. The molecule has 0 saturated heterocycles. The number of benzene rings is 1. The summed E-state index contributed by atoms with van der Waals surface area (Å²) < 4.78 is 0. The fourth-order valence-electron chi connectivity index (χ4n) is 2.97. The highest BCUT2D eigenvalue weighted by Crippen LogP contribution is 2.28. The summed E-state index contributed by atoms with van der Waals surface area (Å²) in [7, 11) is 0. The minimum Gasteiger partial charge on any atom is -0.481 e. The predicted molar refractivity (Wildman–Crippen MR) is 77.7 cm³/mol. The molecule has 1 atom stereocenters.